The molecule has 1 aromatic rings. The lowest BCUT2D eigenvalue weighted by Crippen LogP contribution is -2.42. The Kier molecular flexibility index (Phi) is 7.13. The van der Waals surface area contributed by atoms with Gasteiger partial charge in [-0.1, -0.05) is 13.0 Å². The molecule has 1 fully saturated rings. The molecule has 1 aliphatic heterocycles. The second-order valence-electron chi connectivity index (χ2n) is 6.27. The predicted molar refractivity (Wildman–Crippen MR) is 90.4 cm³/mol. The quantitative estimate of drug-likeness (QED) is 0.553. The van der Waals surface area contributed by atoms with Crippen molar-refractivity contribution in [1.82, 2.24) is 4.90 Å². The number of likely N-dealkylation sites (tertiary alicyclic amines) is 1. The molecule has 1 amide bonds. The van der Waals surface area contributed by atoms with E-state index >= 15 is 0 Å². The number of esters is 1. The Hall–Kier alpha value is -2.91. The van der Waals surface area contributed by atoms with E-state index in [-0.39, 0.29) is 31.7 Å². The molecule has 1 saturated heterocycles. The minimum absolute atomic E-state index is 0.0266. The van der Waals surface area contributed by atoms with Gasteiger partial charge in [0.2, 0.25) is 12.1 Å². The zero-order valence-electron chi connectivity index (χ0n) is 15.4. The zero-order chi connectivity index (χ0) is 20.8. The average molecular weight is 401 g/mol. The number of carboxylic acids is 1. The van der Waals surface area contributed by atoms with Crippen molar-refractivity contribution in [2.75, 3.05) is 13.2 Å². The largest absolute Gasteiger partial charge is 0.490 e. The van der Waals surface area contributed by atoms with Crippen molar-refractivity contribution in [3.63, 3.8) is 0 Å². The van der Waals surface area contributed by atoms with Gasteiger partial charge in [0.05, 0.1) is 6.61 Å². The second kappa shape index (κ2) is 9.34. The number of hydrogen-bond donors (Lipinski definition) is 1. The summed E-state index contributed by atoms with van der Waals surface area (Å²) in [6.07, 6.45) is -1.99. The molecule has 3 atom stereocenters. The van der Waals surface area contributed by atoms with Crippen molar-refractivity contribution in [1.29, 1.82) is 0 Å². The molecule has 0 unspecified atom stereocenters. The Morgan fingerprint density at radius 2 is 2.00 bits per heavy atom. The van der Waals surface area contributed by atoms with E-state index in [1.807, 2.05) is 0 Å². The number of carbonyl (C=O) groups is 3. The highest BCUT2D eigenvalue weighted by Gasteiger charge is 2.41. The van der Waals surface area contributed by atoms with E-state index in [4.69, 9.17) is 14.2 Å². The van der Waals surface area contributed by atoms with Crippen molar-refractivity contribution in [2.45, 2.75) is 39.0 Å². The number of ether oxygens (including phenoxy) is 3. The van der Waals surface area contributed by atoms with Gasteiger partial charge in [-0.3, -0.25) is 9.69 Å². The van der Waals surface area contributed by atoms with Crippen LogP contribution in [0.15, 0.2) is 18.2 Å². The average Bonchev–Trinajstić information content (AvgIpc) is 3.07. The summed E-state index contributed by atoms with van der Waals surface area (Å²) in [6.45, 7) is 2.77. The standard InChI is InChI=1S/C18H21F2NO7/c1-3-15(22)27-10(2)28-18(25)21-8-11(7-13(21)17(23)24)9-26-14-6-4-5-12(19)16(14)20/h4-6,10-11,13H,3,7-9H2,1-2H3,(H,23,24)/t10-,11-,13-/m0/s1. The summed E-state index contributed by atoms with van der Waals surface area (Å²) in [6, 6.07) is 2.30. The van der Waals surface area contributed by atoms with Crippen LogP contribution in [-0.4, -0.2) is 53.5 Å². The fourth-order valence-corrected chi connectivity index (χ4v) is 2.78. The molecule has 2 rings (SSSR count). The number of benzene rings is 1. The van der Waals surface area contributed by atoms with Crippen LogP contribution in [0.5, 0.6) is 5.75 Å². The van der Waals surface area contributed by atoms with E-state index < -0.39 is 47.9 Å². The molecule has 1 heterocycles. The van der Waals surface area contributed by atoms with Crippen LogP contribution >= 0.6 is 0 Å². The maximum absolute atomic E-state index is 13.6. The van der Waals surface area contributed by atoms with Crippen LogP contribution in [0.3, 0.4) is 0 Å². The molecule has 0 aliphatic carbocycles. The van der Waals surface area contributed by atoms with Gasteiger partial charge in [-0.05, 0) is 18.6 Å². The molecular weight excluding hydrogens is 380 g/mol. The molecule has 28 heavy (non-hydrogen) atoms. The number of carboxylic acid groups (broad SMARTS) is 1. The number of carbonyl (C=O) groups excluding carboxylic acids is 2. The molecule has 154 valence electrons. The lowest BCUT2D eigenvalue weighted by atomic mass is 10.1. The summed E-state index contributed by atoms with van der Waals surface area (Å²) in [5.41, 5.74) is 0. The van der Waals surface area contributed by atoms with Gasteiger partial charge >= 0.3 is 18.0 Å². The molecule has 8 nitrogen and oxygen atoms in total. The van der Waals surface area contributed by atoms with Gasteiger partial charge in [0.25, 0.3) is 0 Å². The highest BCUT2D eigenvalue weighted by molar-refractivity contribution is 5.81. The van der Waals surface area contributed by atoms with Crippen LogP contribution in [-0.2, 0) is 19.1 Å². The normalized spacial score (nSPS) is 19.8. The molecule has 1 aromatic carbocycles. The Bertz CT molecular complexity index is 743. The number of aliphatic carboxylic acids is 1. The summed E-state index contributed by atoms with van der Waals surface area (Å²) in [5.74, 6) is -4.75. The molecule has 0 bridgehead atoms. The zero-order valence-corrected chi connectivity index (χ0v) is 15.4. The monoisotopic (exact) mass is 401 g/mol. The number of hydrogen-bond acceptors (Lipinski definition) is 6. The van der Waals surface area contributed by atoms with E-state index in [0.29, 0.717) is 0 Å². The van der Waals surface area contributed by atoms with Crippen LogP contribution in [0.4, 0.5) is 13.6 Å². The third-order valence-electron chi connectivity index (χ3n) is 4.15. The van der Waals surface area contributed by atoms with Crippen LogP contribution in [0, 0.1) is 17.6 Å². The molecule has 0 radical (unpaired) electrons. The molecule has 0 aromatic heterocycles. The topological polar surface area (TPSA) is 102 Å². The smallest absolute Gasteiger partial charge is 0.413 e. The maximum Gasteiger partial charge on any atom is 0.413 e. The molecule has 0 saturated carbocycles. The van der Waals surface area contributed by atoms with Gasteiger partial charge in [0.15, 0.2) is 11.6 Å². The van der Waals surface area contributed by atoms with Gasteiger partial charge in [-0.25, -0.2) is 14.0 Å². The molecule has 1 aliphatic rings. The van der Waals surface area contributed by atoms with E-state index in [0.717, 1.165) is 11.0 Å². The Balaban J connectivity index is 1.97. The Morgan fingerprint density at radius 1 is 1.29 bits per heavy atom. The Morgan fingerprint density at radius 3 is 2.64 bits per heavy atom. The first-order chi connectivity index (χ1) is 13.2. The van der Waals surface area contributed by atoms with Crippen molar-refractivity contribution >= 4 is 18.0 Å². The molecular formula is C18H21F2NO7. The number of amides is 1. The van der Waals surface area contributed by atoms with Gasteiger partial charge in [0, 0.05) is 25.8 Å². The van der Waals surface area contributed by atoms with Crippen LogP contribution in [0.1, 0.15) is 26.7 Å². The third-order valence-corrected chi connectivity index (χ3v) is 4.15. The van der Waals surface area contributed by atoms with Crippen LogP contribution in [0.2, 0.25) is 0 Å². The minimum atomic E-state index is -1.24. The first kappa shape index (κ1) is 21.4. The van der Waals surface area contributed by atoms with Crippen molar-refractivity contribution in [2.24, 2.45) is 5.92 Å². The summed E-state index contributed by atoms with van der Waals surface area (Å²) < 4.78 is 41.9. The number of halogens is 2. The van der Waals surface area contributed by atoms with Crippen molar-refractivity contribution in [3.05, 3.63) is 29.8 Å². The Labute approximate surface area is 160 Å². The highest BCUT2D eigenvalue weighted by Crippen LogP contribution is 2.27. The predicted octanol–water partition coefficient (Wildman–Crippen LogP) is 2.55. The number of rotatable bonds is 7. The lowest BCUT2D eigenvalue weighted by molar-refractivity contribution is -0.166. The van der Waals surface area contributed by atoms with Crippen LogP contribution < -0.4 is 4.74 Å². The van der Waals surface area contributed by atoms with Crippen molar-refractivity contribution in [3.8, 4) is 5.75 Å². The first-order valence-electron chi connectivity index (χ1n) is 8.69. The van der Waals surface area contributed by atoms with E-state index in [2.05, 4.69) is 0 Å². The minimum Gasteiger partial charge on any atom is -0.490 e. The first-order valence-corrected chi connectivity index (χ1v) is 8.69. The van der Waals surface area contributed by atoms with Gasteiger partial charge in [-0.15, -0.1) is 0 Å². The summed E-state index contributed by atoms with van der Waals surface area (Å²) in [7, 11) is 0. The maximum atomic E-state index is 13.6. The van der Waals surface area contributed by atoms with Gasteiger partial charge < -0.3 is 19.3 Å². The van der Waals surface area contributed by atoms with E-state index in [1.165, 1.54) is 19.1 Å². The van der Waals surface area contributed by atoms with Gasteiger partial charge in [0.1, 0.15) is 6.04 Å². The molecule has 10 heteroatoms. The lowest BCUT2D eigenvalue weighted by Gasteiger charge is -2.23. The molecule has 0 spiro atoms. The summed E-state index contributed by atoms with van der Waals surface area (Å²) in [5, 5.41) is 9.35. The SMILES string of the molecule is CCC(=O)O[C@H](C)OC(=O)N1C[C@@H](COc2cccc(F)c2F)C[C@H]1C(=O)O. The fraction of sp³-hybridized carbons (Fsp3) is 0.500. The van der Waals surface area contributed by atoms with Crippen LogP contribution in [0.25, 0.3) is 0 Å². The highest BCUT2D eigenvalue weighted by atomic mass is 19.2. The second-order valence-corrected chi connectivity index (χ2v) is 6.27. The molecule has 1 N–H and O–H groups in total. The third kappa shape index (κ3) is 5.30. The number of nitrogens with zero attached hydrogens (tertiary/aromatic N) is 1. The van der Waals surface area contributed by atoms with Crippen molar-refractivity contribution < 1.29 is 42.5 Å². The van der Waals surface area contributed by atoms with E-state index in [9.17, 15) is 28.3 Å². The van der Waals surface area contributed by atoms with E-state index in [1.54, 1.807) is 6.92 Å². The summed E-state index contributed by atoms with van der Waals surface area (Å²) in [4.78, 5) is 35.9. The fourth-order valence-electron chi connectivity index (χ4n) is 2.78. The van der Waals surface area contributed by atoms with Gasteiger partial charge in [-0.2, -0.15) is 4.39 Å². The summed E-state index contributed by atoms with van der Waals surface area (Å²) >= 11 is 0.